The third-order valence-electron chi connectivity index (χ3n) is 3.78. The molecule has 0 spiro atoms. The molecule has 110 valence electrons. The zero-order valence-corrected chi connectivity index (χ0v) is 12.9. The molecule has 0 radical (unpaired) electrons. The van der Waals surface area contributed by atoms with E-state index in [-0.39, 0.29) is 5.91 Å². The Hall–Kier alpha value is -2.29. The van der Waals surface area contributed by atoms with Crippen molar-refractivity contribution in [2.24, 2.45) is 0 Å². The van der Waals surface area contributed by atoms with Gasteiger partial charge in [-0.1, -0.05) is 36.4 Å². The fourth-order valence-corrected chi connectivity index (χ4v) is 2.52. The number of aryl methyl sites for hydroxylation is 2. The normalized spacial score (nSPS) is 10.4. The molecule has 0 atom stereocenters. The van der Waals surface area contributed by atoms with Crippen molar-refractivity contribution in [2.45, 2.75) is 27.3 Å². The van der Waals surface area contributed by atoms with Crippen molar-refractivity contribution in [3.63, 3.8) is 0 Å². The number of carbonyl (C=O) groups is 1. The number of benzene rings is 2. The van der Waals surface area contributed by atoms with Crippen molar-refractivity contribution in [1.29, 1.82) is 0 Å². The van der Waals surface area contributed by atoms with Crippen LogP contribution in [-0.4, -0.2) is 17.4 Å². The third-order valence-corrected chi connectivity index (χ3v) is 3.78. The molecule has 0 aliphatic heterocycles. The molecule has 2 aromatic rings. The van der Waals surface area contributed by atoms with E-state index in [9.17, 15) is 4.79 Å². The van der Waals surface area contributed by atoms with Gasteiger partial charge < -0.3 is 10.6 Å². The fourth-order valence-electron chi connectivity index (χ4n) is 2.52. The molecular weight excluding hydrogens is 260 g/mol. The first-order valence-corrected chi connectivity index (χ1v) is 7.23. The summed E-state index contributed by atoms with van der Waals surface area (Å²) in [7, 11) is 0. The quantitative estimate of drug-likeness (QED) is 0.872. The molecule has 2 N–H and O–H groups in total. The van der Waals surface area contributed by atoms with E-state index in [0.717, 1.165) is 27.9 Å². The lowest BCUT2D eigenvalue weighted by atomic mass is 10.0. The highest BCUT2D eigenvalue weighted by molar-refractivity contribution is 5.97. The minimum Gasteiger partial charge on any atom is -0.398 e. The molecule has 0 bridgehead atoms. The molecule has 3 heteroatoms. The number of hydrogen-bond acceptors (Lipinski definition) is 2. The highest BCUT2D eigenvalue weighted by atomic mass is 16.2. The summed E-state index contributed by atoms with van der Waals surface area (Å²) in [6.45, 7) is 7.14. The van der Waals surface area contributed by atoms with Gasteiger partial charge in [0.2, 0.25) is 0 Å². The third kappa shape index (κ3) is 3.24. The van der Waals surface area contributed by atoms with Crippen molar-refractivity contribution in [1.82, 2.24) is 4.90 Å². The van der Waals surface area contributed by atoms with E-state index in [2.05, 4.69) is 0 Å². The molecule has 0 saturated carbocycles. The molecule has 21 heavy (non-hydrogen) atoms. The predicted octanol–water partition coefficient (Wildman–Crippen LogP) is 3.55. The molecular formula is C18H22N2O. The summed E-state index contributed by atoms with van der Waals surface area (Å²) >= 11 is 0. The number of nitrogens with two attached hydrogens (primary N) is 1. The Morgan fingerprint density at radius 2 is 1.67 bits per heavy atom. The van der Waals surface area contributed by atoms with Crippen LogP contribution in [0.1, 0.15) is 34.0 Å². The molecule has 0 saturated heterocycles. The highest BCUT2D eigenvalue weighted by Crippen LogP contribution is 2.19. The van der Waals surface area contributed by atoms with Crippen LogP contribution in [0.3, 0.4) is 0 Å². The second-order valence-electron chi connectivity index (χ2n) is 5.28. The van der Waals surface area contributed by atoms with Gasteiger partial charge in [0.15, 0.2) is 0 Å². The summed E-state index contributed by atoms with van der Waals surface area (Å²) in [6, 6.07) is 13.6. The number of anilines is 1. The molecule has 2 rings (SSSR count). The van der Waals surface area contributed by atoms with Gasteiger partial charge in [-0.3, -0.25) is 4.79 Å². The topological polar surface area (TPSA) is 46.3 Å². The first-order chi connectivity index (χ1) is 10.0. The molecule has 0 fully saturated rings. The van der Waals surface area contributed by atoms with Crippen LogP contribution in [0.15, 0.2) is 42.5 Å². The average molecular weight is 282 g/mol. The lowest BCUT2D eigenvalue weighted by Gasteiger charge is -2.23. The number of rotatable bonds is 4. The SMILES string of the molecule is CCN(Cc1ccccc1N)C(=O)c1c(C)cccc1C. The van der Waals surface area contributed by atoms with E-state index in [1.807, 2.05) is 68.1 Å². The van der Waals surface area contributed by atoms with E-state index in [1.165, 1.54) is 0 Å². The first-order valence-electron chi connectivity index (χ1n) is 7.23. The molecule has 2 aromatic carbocycles. The van der Waals surface area contributed by atoms with Crippen molar-refractivity contribution in [3.05, 3.63) is 64.7 Å². The number of para-hydroxylation sites is 1. The van der Waals surface area contributed by atoms with Crippen LogP contribution >= 0.6 is 0 Å². The van der Waals surface area contributed by atoms with Crippen molar-refractivity contribution in [3.8, 4) is 0 Å². The number of carbonyl (C=O) groups excluding carboxylic acids is 1. The van der Waals surface area contributed by atoms with Crippen LogP contribution in [0.25, 0.3) is 0 Å². The number of nitrogens with zero attached hydrogens (tertiary/aromatic N) is 1. The Balaban J connectivity index is 2.30. The highest BCUT2D eigenvalue weighted by Gasteiger charge is 2.19. The van der Waals surface area contributed by atoms with Crippen molar-refractivity contribution < 1.29 is 4.79 Å². The fraction of sp³-hybridized carbons (Fsp3) is 0.278. The Bertz CT molecular complexity index is 629. The number of nitrogen functional groups attached to an aromatic ring is 1. The Morgan fingerprint density at radius 3 is 2.24 bits per heavy atom. The van der Waals surface area contributed by atoms with Gasteiger partial charge in [0.25, 0.3) is 5.91 Å². The molecule has 0 aliphatic rings. The zero-order chi connectivity index (χ0) is 15.4. The minimum absolute atomic E-state index is 0.0661. The maximum absolute atomic E-state index is 12.8. The van der Waals surface area contributed by atoms with Gasteiger partial charge >= 0.3 is 0 Å². The largest absolute Gasteiger partial charge is 0.398 e. The van der Waals surface area contributed by atoms with E-state index < -0.39 is 0 Å². The maximum Gasteiger partial charge on any atom is 0.254 e. The van der Waals surface area contributed by atoms with Crippen molar-refractivity contribution in [2.75, 3.05) is 12.3 Å². The smallest absolute Gasteiger partial charge is 0.254 e. The Morgan fingerprint density at radius 1 is 1.05 bits per heavy atom. The van der Waals surface area contributed by atoms with E-state index >= 15 is 0 Å². The predicted molar refractivity (Wildman–Crippen MR) is 87.2 cm³/mol. The van der Waals surface area contributed by atoms with Crippen LogP contribution in [0.4, 0.5) is 5.69 Å². The summed E-state index contributed by atoms with van der Waals surface area (Å²) in [4.78, 5) is 14.7. The van der Waals surface area contributed by atoms with Crippen LogP contribution in [-0.2, 0) is 6.54 Å². The standard InChI is InChI=1S/C18H22N2O/c1-4-20(12-15-10-5-6-11-16(15)19)18(21)17-13(2)8-7-9-14(17)3/h5-11H,4,12,19H2,1-3H3. The first kappa shape index (κ1) is 15.1. The van der Waals surface area contributed by atoms with Crippen LogP contribution < -0.4 is 5.73 Å². The zero-order valence-electron chi connectivity index (χ0n) is 12.9. The van der Waals surface area contributed by atoms with Crippen LogP contribution in [0.2, 0.25) is 0 Å². The molecule has 0 aromatic heterocycles. The molecule has 0 aliphatic carbocycles. The van der Waals surface area contributed by atoms with E-state index in [4.69, 9.17) is 5.73 Å². The average Bonchev–Trinajstić information content (AvgIpc) is 2.46. The van der Waals surface area contributed by atoms with Gasteiger partial charge in [0, 0.05) is 24.3 Å². The van der Waals surface area contributed by atoms with E-state index in [1.54, 1.807) is 0 Å². The lowest BCUT2D eigenvalue weighted by molar-refractivity contribution is 0.0751. The summed E-state index contributed by atoms with van der Waals surface area (Å²) in [6.07, 6.45) is 0. The summed E-state index contributed by atoms with van der Waals surface area (Å²) in [5.74, 6) is 0.0661. The summed E-state index contributed by atoms with van der Waals surface area (Å²) in [5.41, 5.74) is 10.5. The van der Waals surface area contributed by atoms with Gasteiger partial charge in [-0.2, -0.15) is 0 Å². The van der Waals surface area contributed by atoms with Gasteiger partial charge in [-0.05, 0) is 43.5 Å². The maximum atomic E-state index is 12.8. The second kappa shape index (κ2) is 6.44. The van der Waals surface area contributed by atoms with Crippen molar-refractivity contribution >= 4 is 11.6 Å². The summed E-state index contributed by atoms with van der Waals surface area (Å²) < 4.78 is 0. The Labute approximate surface area is 126 Å². The van der Waals surface area contributed by atoms with Gasteiger partial charge in [-0.15, -0.1) is 0 Å². The van der Waals surface area contributed by atoms with E-state index in [0.29, 0.717) is 13.1 Å². The second-order valence-corrected chi connectivity index (χ2v) is 5.28. The monoisotopic (exact) mass is 282 g/mol. The lowest BCUT2D eigenvalue weighted by Crippen LogP contribution is -2.31. The Kier molecular flexibility index (Phi) is 4.63. The van der Waals surface area contributed by atoms with Crippen LogP contribution in [0, 0.1) is 13.8 Å². The molecule has 0 unspecified atom stereocenters. The number of hydrogen-bond donors (Lipinski definition) is 1. The minimum atomic E-state index is 0.0661. The van der Waals surface area contributed by atoms with Gasteiger partial charge in [0.05, 0.1) is 0 Å². The molecule has 0 heterocycles. The van der Waals surface area contributed by atoms with Gasteiger partial charge in [0.1, 0.15) is 0 Å². The van der Waals surface area contributed by atoms with Gasteiger partial charge in [-0.25, -0.2) is 0 Å². The molecule has 3 nitrogen and oxygen atoms in total. The summed E-state index contributed by atoms with van der Waals surface area (Å²) in [5, 5.41) is 0. The van der Waals surface area contributed by atoms with Crippen LogP contribution in [0.5, 0.6) is 0 Å². The number of amides is 1. The molecule has 1 amide bonds.